The smallest absolute Gasteiger partial charge is 0.176 e. The number of ether oxygens (including phenoxy) is 3. The van der Waals surface area contributed by atoms with Gasteiger partial charge in [-0.15, -0.1) is 0 Å². The summed E-state index contributed by atoms with van der Waals surface area (Å²) in [5.41, 5.74) is 4.47. The van der Waals surface area contributed by atoms with Gasteiger partial charge in [-0.3, -0.25) is 0 Å². The van der Waals surface area contributed by atoms with E-state index >= 15 is 0 Å². The van der Waals surface area contributed by atoms with Crippen molar-refractivity contribution in [3.05, 3.63) is 64.9 Å². The van der Waals surface area contributed by atoms with E-state index in [9.17, 15) is 5.11 Å². The Morgan fingerprint density at radius 3 is 2.35 bits per heavy atom. The van der Waals surface area contributed by atoms with Crippen LogP contribution in [0.15, 0.2) is 42.7 Å². The molecule has 0 radical (unpaired) electrons. The number of aliphatic hydroxyl groups excluding tert-OH is 1. The first kappa shape index (κ1) is 17.9. The first-order valence-corrected chi connectivity index (χ1v) is 8.72. The molecule has 0 amide bonds. The van der Waals surface area contributed by atoms with E-state index in [-0.39, 0.29) is 5.76 Å². The van der Waals surface area contributed by atoms with Gasteiger partial charge in [-0.1, -0.05) is 32.6 Å². The lowest BCUT2D eigenvalue weighted by Crippen LogP contribution is -2.10. The maximum Gasteiger partial charge on any atom is 0.176 e. The highest BCUT2D eigenvalue weighted by atomic mass is 16.5. The summed E-state index contributed by atoms with van der Waals surface area (Å²) in [6, 6.07) is 9.65. The Morgan fingerprint density at radius 1 is 1.00 bits per heavy atom. The lowest BCUT2D eigenvalue weighted by Gasteiger charge is -2.25. The number of hydrogen-bond acceptors (Lipinski definition) is 4. The molecule has 0 saturated heterocycles. The molecule has 1 heterocycles. The number of benzene rings is 2. The molecule has 0 atom stereocenters. The van der Waals surface area contributed by atoms with Crippen LogP contribution in [0.4, 0.5) is 0 Å². The highest BCUT2D eigenvalue weighted by Gasteiger charge is 2.28. The van der Waals surface area contributed by atoms with Crippen molar-refractivity contribution in [3.8, 4) is 17.2 Å². The van der Waals surface area contributed by atoms with Gasteiger partial charge in [0.05, 0.1) is 19.8 Å². The van der Waals surface area contributed by atoms with Gasteiger partial charge in [0.25, 0.3) is 0 Å². The average molecular weight is 352 g/mol. The molecule has 0 aliphatic carbocycles. The van der Waals surface area contributed by atoms with Crippen LogP contribution >= 0.6 is 0 Å². The molecule has 0 unspecified atom stereocenters. The van der Waals surface area contributed by atoms with Crippen molar-refractivity contribution >= 4 is 11.3 Å². The summed E-state index contributed by atoms with van der Waals surface area (Å²) < 4.78 is 16.8. The molecule has 2 aromatic rings. The fraction of sp³-hybridized carbons (Fsp3) is 0.273. The summed E-state index contributed by atoms with van der Waals surface area (Å²) in [6.45, 7) is 8.30. The Morgan fingerprint density at radius 2 is 1.73 bits per heavy atom. The monoisotopic (exact) mass is 352 g/mol. The summed E-state index contributed by atoms with van der Waals surface area (Å²) in [5.74, 6) is 2.13. The quantitative estimate of drug-likeness (QED) is 0.807. The molecule has 3 rings (SSSR count). The molecule has 0 spiro atoms. The molecule has 0 aromatic heterocycles. The zero-order valence-corrected chi connectivity index (χ0v) is 15.7. The fourth-order valence-corrected chi connectivity index (χ4v) is 3.27. The van der Waals surface area contributed by atoms with Crippen molar-refractivity contribution in [2.24, 2.45) is 0 Å². The molecule has 4 heteroatoms. The summed E-state index contributed by atoms with van der Waals surface area (Å²) in [4.78, 5) is 0. The second-order valence-corrected chi connectivity index (χ2v) is 6.15. The number of hydrogen-bond donors (Lipinski definition) is 1. The van der Waals surface area contributed by atoms with Crippen molar-refractivity contribution in [3.63, 3.8) is 0 Å². The van der Waals surface area contributed by atoms with Crippen LogP contribution in [0.1, 0.15) is 36.1 Å². The minimum Gasteiger partial charge on any atom is -0.504 e. The van der Waals surface area contributed by atoms with Gasteiger partial charge >= 0.3 is 0 Å². The van der Waals surface area contributed by atoms with E-state index in [2.05, 4.69) is 32.6 Å². The molecular weight excluding hydrogens is 328 g/mol. The molecule has 26 heavy (non-hydrogen) atoms. The van der Waals surface area contributed by atoms with E-state index in [1.54, 1.807) is 26.4 Å². The highest BCUT2D eigenvalue weighted by molar-refractivity contribution is 5.92. The summed E-state index contributed by atoms with van der Waals surface area (Å²) in [7, 11) is 3.15. The number of allylic oxidation sites excluding steroid dienone is 1. The zero-order chi connectivity index (χ0) is 18.8. The Hall–Kier alpha value is -2.88. The van der Waals surface area contributed by atoms with Crippen LogP contribution in [0.2, 0.25) is 0 Å². The van der Waals surface area contributed by atoms with E-state index < -0.39 is 0 Å². The number of aryl methyl sites for hydroxylation is 2. The third-order valence-corrected chi connectivity index (χ3v) is 4.74. The molecule has 0 saturated carbocycles. The first-order chi connectivity index (χ1) is 12.5. The molecule has 1 N–H and O–H groups in total. The van der Waals surface area contributed by atoms with Crippen LogP contribution in [0, 0.1) is 0 Å². The standard InChI is InChI=1S/C22H24O4/c1-6-14-8-9-16(10-15(14)7-2)22-21(23)13(3)20-18(25-5)11-17(24-4)12-19(20)26-22/h8-12,23H,3,6-7H2,1-2,4-5H3. The van der Waals surface area contributed by atoms with E-state index in [0.29, 0.717) is 34.1 Å². The van der Waals surface area contributed by atoms with E-state index in [4.69, 9.17) is 14.2 Å². The SMILES string of the molecule is C=C1C(O)=C(c2ccc(CC)c(CC)c2)Oc2cc(OC)cc(OC)c21. The summed E-state index contributed by atoms with van der Waals surface area (Å²) in [5, 5.41) is 10.7. The Balaban J connectivity index is 2.13. The van der Waals surface area contributed by atoms with Crippen LogP contribution in [0.5, 0.6) is 17.2 Å². The predicted octanol–water partition coefficient (Wildman–Crippen LogP) is 5.16. The number of aliphatic hydroxyl groups is 1. The van der Waals surface area contributed by atoms with Gasteiger partial charge in [0, 0.05) is 23.3 Å². The van der Waals surface area contributed by atoms with Gasteiger partial charge in [0.15, 0.2) is 11.5 Å². The van der Waals surface area contributed by atoms with Gasteiger partial charge in [-0.25, -0.2) is 0 Å². The minimum absolute atomic E-state index is 0.0206. The second kappa shape index (κ2) is 7.16. The topological polar surface area (TPSA) is 47.9 Å². The van der Waals surface area contributed by atoms with Crippen molar-refractivity contribution in [1.29, 1.82) is 0 Å². The van der Waals surface area contributed by atoms with Crippen LogP contribution in [-0.4, -0.2) is 19.3 Å². The zero-order valence-electron chi connectivity index (χ0n) is 15.7. The summed E-state index contributed by atoms with van der Waals surface area (Å²) >= 11 is 0. The third-order valence-electron chi connectivity index (χ3n) is 4.74. The van der Waals surface area contributed by atoms with Crippen LogP contribution < -0.4 is 14.2 Å². The second-order valence-electron chi connectivity index (χ2n) is 6.15. The molecule has 136 valence electrons. The molecule has 0 bridgehead atoms. The third kappa shape index (κ3) is 2.92. The summed E-state index contributed by atoms with van der Waals surface area (Å²) in [6.07, 6.45) is 1.89. The van der Waals surface area contributed by atoms with Crippen molar-refractivity contribution < 1.29 is 19.3 Å². The Kier molecular flexibility index (Phi) is 4.94. The largest absolute Gasteiger partial charge is 0.504 e. The number of methoxy groups -OCH3 is 2. The van der Waals surface area contributed by atoms with E-state index in [1.165, 1.54) is 11.1 Å². The van der Waals surface area contributed by atoms with Gasteiger partial charge in [-0.05, 0) is 30.0 Å². The molecule has 1 aliphatic heterocycles. The first-order valence-electron chi connectivity index (χ1n) is 8.72. The Labute approximate surface area is 154 Å². The number of rotatable bonds is 5. The van der Waals surface area contributed by atoms with Crippen molar-refractivity contribution in [2.45, 2.75) is 26.7 Å². The van der Waals surface area contributed by atoms with Gasteiger partial charge in [0.1, 0.15) is 17.2 Å². The Bertz CT molecular complexity index is 893. The lowest BCUT2D eigenvalue weighted by molar-refractivity contribution is 0.373. The van der Waals surface area contributed by atoms with Gasteiger partial charge in [0.2, 0.25) is 0 Å². The van der Waals surface area contributed by atoms with Crippen LogP contribution in [-0.2, 0) is 12.8 Å². The van der Waals surface area contributed by atoms with Gasteiger partial charge in [-0.2, -0.15) is 0 Å². The van der Waals surface area contributed by atoms with Crippen molar-refractivity contribution in [1.82, 2.24) is 0 Å². The molecule has 0 fully saturated rings. The molecule has 2 aromatic carbocycles. The number of fused-ring (bicyclic) bond motifs is 1. The average Bonchev–Trinajstić information content (AvgIpc) is 2.68. The van der Waals surface area contributed by atoms with Crippen LogP contribution in [0.25, 0.3) is 11.3 Å². The van der Waals surface area contributed by atoms with Gasteiger partial charge < -0.3 is 19.3 Å². The molecule has 1 aliphatic rings. The molecular formula is C22H24O4. The predicted molar refractivity (Wildman–Crippen MR) is 104 cm³/mol. The highest BCUT2D eigenvalue weighted by Crippen LogP contribution is 2.46. The fourth-order valence-electron chi connectivity index (χ4n) is 3.27. The molecule has 4 nitrogen and oxygen atoms in total. The maximum atomic E-state index is 10.7. The normalized spacial score (nSPS) is 13.3. The van der Waals surface area contributed by atoms with Crippen molar-refractivity contribution in [2.75, 3.05) is 14.2 Å². The lowest BCUT2D eigenvalue weighted by atomic mass is 9.95. The maximum absolute atomic E-state index is 10.7. The van der Waals surface area contributed by atoms with E-state index in [1.807, 2.05) is 6.07 Å². The minimum atomic E-state index is 0.0206. The van der Waals surface area contributed by atoms with E-state index in [0.717, 1.165) is 18.4 Å². The van der Waals surface area contributed by atoms with Crippen LogP contribution in [0.3, 0.4) is 0 Å².